The van der Waals surface area contributed by atoms with E-state index in [-0.39, 0.29) is 18.0 Å². The van der Waals surface area contributed by atoms with Gasteiger partial charge in [-0.25, -0.2) is 4.98 Å². The third kappa shape index (κ3) is 10.5. The second-order valence-corrected chi connectivity index (χ2v) is 9.62. The number of anilines is 1. The molecule has 196 valence electrons. The van der Waals surface area contributed by atoms with Gasteiger partial charge < -0.3 is 25.5 Å². The van der Waals surface area contributed by atoms with Crippen LogP contribution in [0.2, 0.25) is 0 Å². The maximum atomic E-state index is 9.93. The summed E-state index contributed by atoms with van der Waals surface area (Å²) >= 11 is 0. The number of rotatable bonds is 9. The van der Waals surface area contributed by atoms with Crippen LogP contribution in [0.4, 0.5) is 5.69 Å². The first-order valence-corrected chi connectivity index (χ1v) is 12.4. The summed E-state index contributed by atoms with van der Waals surface area (Å²) in [5.74, 6) is 0.584. The summed E-state index contributed by atoms with van der Waals surface area (Å²) in [6.07, 6.45) is 11.1. The first-order chi connectivity index (χ1) is 17.3. The van der Waals surface area contributed by atoms with E-state index in [1.807, 2.05) is 13.8 Å². The fourth-order valence-electron chi connectivity index (χ4n) is 4.09. The van der Waals surface area contributed by atoms with Crippen LogP contribution >= 0.6 is 0 Å². The van der Waals surface area contributed by atoms with Gasteiger partial charge in [0.2, 0.25) is 0 Å². The summed E-state index contributed by atoms with van der Waals surface area (Å²) in [7, 11) is 2.00. The molecule has 0 fully saturated rings. The van der Waals surface area contributed by atoms with Gasteiger partial charge in [0.15, 0.2) is 12.1 Å². The van der Waals surface area contributed by atoms with Crippen LogP contribution in [0, 0.1) is 11.3 Å². The lowest BCUT2D eigenvalue weighted by Gasteiger charge is -2.24. The molecule has 8 nitrogen and oxygen atoms in total. The van der Waals surface area contributed by atoms with Crippen molar-refractivity contribution in [2.24, 2.45) is 0 Å². The molecule has 1 aliphatic carbocycles. The van der Waals surface area contributed by atoms with Gasteiger partial charge in [-0.3, -0.25) is 4.79 Å². The third-order valence-electron chi connectivity index (χ3n) is 5.87. The highest BCUT2D eigenvalue weighted by Gasteiger charge is 2.17. The molecule has 1 aromatic heterocycles. The highest BCUT2D eigenvalue weighted by atomic mass is 16.3. The number of allylic oxidation sites excluding steroid dienone is 2. The Balaban J connectivity index is 0.000000491. The van der Waals surface area contributed by atoms with Gasteiger partial charge in [0.25, 0.3) is 0 Å². The van der Waals surface area contributed by atoms with Gasteiger partial charge in [0, 0.05) is 30.4 Å². The molecule has 0 spiro atoms. The number of aliphatic hydroxyl groups is 1. The van der Waals surface area contributed by atoms with Crippen molar-refractivity contribution in [3.05, 3.63) is 53.1 Å². The molecule has 1 unspecified atom stereocenters. The number of nitrogens with one attached hydrogen (secondary N) is 3. The van der Waals surface area contributed by atoms with Gasteiger partial charge in [-0.1, -0.05) is 12.1 Å². The molecule has 0 amide bonds. The normalized spacial score (nSPS) is 13.6. The highest BCUT2D eigenvalue weighted by molar-refractivity contribution is 5.77. The fraction of sp³-hybridized carbons (Fsp3) is 0.500. The van der Waals surface area contributed by atoms with Crippen molar-refractivity contribution in [2.75, 3.05) is 25.5 Å². The molecule has 1 aliphatic rings. The van der Waals surface area contributed by atoms with E-state index in [9.17, 15) is 9.90 Å². The number of nitriles is 1. The van der Waals surface area contributed by atoms with Crippen molar-refractivity contribution < 1.29 is 14.7 Å². The summed E-state index contributed by atoms with van der Waals surface area (Å²) in [4.78, 5) is 24.0. The van der Waals surface area contributed by atoms with E-state index in [0.29, 0.717) is 17.9 Å². The summed E-state index contributed by atoms with van der Waals surface area (Å²) in [6, 6.07) is 8.61. The van der Waals surface area contributed by atoms with Crippen molar-refractivity contribution in [3.8, 4) is 6.07 Å². The zero-order chi connectivity index (χ0) is 27.0. The summed E-state index contributed by atoms with van der Waals surface area (Å²) in [5, 5.41) is 24.7. The first-order valence-electron chi connectivity index (χ1n) is 12.4. The Bertz CT molecular complexity index is 1000. The van der Waals surface area contributed by atoms with Crippen molar-refractivity contribution in [2.45, 2.75) is 70.8 Å². The van der Waals surface area contributed by atoms with E-state index < -0.39 is 0 Å². The Kier molecular flexibility index (Phi) is 14.0. The summed E-state index contributed by atoms with van der Waals surface area (Å²) < 4.78 is 0. The SMILES string of the molecule is C=O.CNc1ccc(C(CCO)CCNC(C)(C)C)cc1C1=CCCCC1.N#Cc1cnc(C=O)[nH]1. The quantitative estimate of drug-likeness (QED) is 0.366. The van der Waals surface area contributed by atoms with E-state index in [4.69, 9.17) is 10.1 Å². The molecule has 8 heteroatoms. The predicted octanol–water partition coefficient (Wildman–Crippen LogP) is 4.84. The molecule has 1 aromatic carbocycles. The van der Waals surface area contributed by atoms with Crippen LogP contribution in [-0.4, -0.2) is 53.9 Å². The predicted molar refractivity (Wildman–Crippen MR) is 145 cm³/mol. The van der Waals surface area contributed by atoms with E-state index in [0.717, 1.165) is 19.4 Å². The molecule has 0 aliphatic heterocycles. The number of H-pyrrole nitrogens is 1. The van der Waals surface area contributed by atoms with Crippen molar-refractivity contribution >= 4 is 24.3 Å². The van der Waals surface area contributed by atoms with Crippen LogP contribution in [0.1, 0.15) is 92.7 Å². The minimum Gasteiger partial charge on any atom is -0.396 e. The van der Waals surface area contributed by atoms with E-state index in [1.54, 1.807) is 6.07 Å². The maximum absolute atomic E-state index is 9.93. The van der Waals surface area contributed by atoms with E-state index in [2.05, 4.69) is 65.6 Å². The van der Waals surface area contributed by atoms with Gasteiger partial charge in [-0.2, -0.15) is 5.26 Å². The molecular formula is C28H41N5O3. The maximum Gasteiger partial charge on any atom is 0.185 e. The molecule has 1 heterocycles. The Morgan fingerprint density at radius 3 is 2.53 bits per heavy atom. The monoisotopic (exact) mass is 495 g/mol. The zero-order valence-corrected chi connectivity index (χ0v) is 22.1. The average molecular weight is 496 g/mol. The molecule has 1 atom stereocenters. The minimum atomic E-state index is 0.137. The van der Waals surface area contributed by atoms with Gasteiger partial charge in [-0.15, -0.1) is 0 Å². The number of hydrogen-bond acceptors (Lipinski definition) is 7. The molecule has 3 rings (SSSR count). The molecule has 0 saturated carbocycles. The van der Waals surface area contributed by atoms with Gasteiger partial charge in [-0.05, 0) is 95.0 Å². The second-order valence-electron chi connectivity index (χ2n) is 9.62. The van der Waals surface area contributed by atoms with Gasteiger partial charge in [0.1, 0.15) is 18.6 Å². The fourth-order valence-corrected chi connectivity index (χ4v) is 4.09. The van der Waals surface area contributed by atoms with Crippen LogP contribution in [0.5, 0.6) is 0 Å². The Morgan fingerprint density at radius 2 is 2.03 bits per heavy atom. The number of nitrogens with zero attached hydrogens (tertiary/aromatic N) is 2. The van der Waals surface area contributed by atoms with Crippen LogP contribution < -0.4 is 10.6 Å². The smallest absolute Gasteiger partial charge is 0.185 e. The standard InChI is InChI=1S/C22H36N2O.C5H3N3O.CH2O/c1-22(2,3)24-14-12-17(13-15-25)19-10-11-21(23-4)20(16-19)18-8-6-5-7-9-18;6-1-4-2-7-5(3-9)8-4;1-2/h8,10-11,16-17,23-25H,5-7,9,12-15H2,1-4H3;2-3H,(H,7,8);1H2. The van der Waals surface area contributed by atoms with Crippen molar-refractivity contribution in [3.63, 3.8) is 0 Å². The Labute approximate surface area is 215 Å². The number of aromatic nitrogens is 2. The van der Waals surface area contributed by atoms with Crippen LogP contribution in [0.25, 0.3) is 5.57 Å². The Morgan fingerprint density at radius 1 is 1.28 bits per heavy atom. The average Bonchev–Trinajstić information content (AvgIpc) is 3.38. The molecule has 2 aromatic rings. The van der Waals surface area contributed by atoms with Gasteiger partial charge >= 0.3 is 0 Å². The van der Waals surface area contributed by atoms with Crippen LogP contribution in [0.15, 0.2) is 30.5 Å². The summed E-state index contributed by atoms with van der Waals surface area (Å²) in [6.45, 7) is 9.81. The first kappa shape index (κ1) is 30.8. The molecule has 36 heavy (non-hydrogen) atoms. The molecular weight excluding hydrogens is 454 g/mol. The largest absolute Gasteiger partial charge is 0.396 e. The lowest BCUT2D eigenvalue weighted by molar-refractivity contribution is -0.0980. The van der Waals surface area contributed by atoms with Crippen LogP contribution in [-0.2, 0) is 4.79 Å². The number of aliphatic hydroxyl groups excluding tert-OH is 1. The lowest BCUT2D eigenvalue weighted by atomic mass is 9.87. The number of hydrogen-bond donors (Lipinski definition) is 4. The number of carbonyl (C=O) groups excluding carboxylic acids is 2. The van der Waals surface area contributed by atoms with Gasteiger partial charge in [0.05, 0.1) is 6.20 Å². The van der Waals surface area contributed by atoms with Crippen molar-refractivity contribution in [1.29, 1.82) is 5.26 Å². The van der Waals surface area contributed by atoms with E-state index >= 15 is 0 Å². The molecule has 0 radical (unpaired) electrons. The number of benzene rings is 1. The second kappa shape index (κ2) is 16.4. The van der Waals surface area contributed by atoms with E-state index in [1.165, 1.54) is 54.3 Å². The Hall–Kier alpha value is -3.28. The molecule has 0 bridgehead atoms. The molecule has 4 N–H and O–H groups in total. The summed E-state index contributed by atoms with van der Waals surface area (Å²) in [5.41, 5.74) is 5.84. The number of imidazole rings is 1. The third-order valence-corrected chi connectivity index (χ3v) is 5.87. The van der Waals surface area contributed by atoms with Crippen molar-refractivity contribution in [1.82, 2.24) is 15.3 Å². The molecule has 0 saturated heterocycles. The lowest BCUT2D eigenvalue weighted by Crippen LogP contribution is -2.36. The zero-order valence-electron chi connectivity index (χ0n) is 22.1. The topological polar surface area (TPSA) is 131 Å². The highest BCUT2D eigenvalue weighted by Crippen LogP contribution is 2.35. The number of aromatic amines is 1. The number of aldehydes is 1. The number of carbonyl (C=O) groups is 2. The minimum absolute atomic E-state index is 0.137. The van der Waals surface area contributed by atoms with Crippen LogP contribution in [0.3, 0.4) is 0 Å².